The maximum atomic E-state index is 12.6. The minimum absolute atomic E-state index is 0.0218. The molecule has 0 saturated heterocycles. The second-order valence-electron chi connectivity index (χ2n) is 7.02. The third-order valence-electron chi connectivity index (χ3n) is 4.42. The molecule has 4 nitrogen and oxygen atoms in total. The van der Waals surface area contributed by atoms with Gasteiger partial charge in [-0.25, -0.2) is 0 Å². The van der Waals surface area contributed by atoms with E-state index in [0.717, 1.165) is 18.4 Å². The zero-order valence-corrected chi connectivity index (χ0v) is 13.8. The molecule has 0 spiro atoms. The Morgan fingerprint density at radius 1 is 1.32 bits per heavy atom. The van der Waals surface area contributed by atoms with Crippen molar-refractivity contribution < 1.29 is 9.53 Å². The number of anilines is 1. The van der Waals surface area contributed by atoms with Crippen molar-refractivity contribution in [2.24, 2.45) is 5.41 Å². The van der Waals surface area contributed by atoms with E-state index < -0.39 is 5.41 Å². The number of hydrogen-bond donors (Lipinski definition) is 1. The molecule has 22 heavy (non-hydrogen) atoms. The Hall–Kier alpha value is -2.02. The van der Waals surface area contributed by atoms with Crippen LogP contribution in [0.3, 0.4) is 0 Å². The SMILES string of the molecule is COc1ccc(C(C)(C)C)cc1NC(=O)C1(C#N)CCCC1. The molecule has 0 heterocycles. The average molecular weight is 300 g/mol. The number of ether oxygens (including phenoxy) is 1. The van der Waals surface area contributed by atoms with Gasteiger partial charge in [0.05, 0.1) is 18.9 Å². The van der Waals surface area contributed by atoms with E-state index in [1.54, 1.807) is 7.11 Å². The van der Waals surface area contributed by atoms with Crippen molar-refractivity contribution in [2.75, 3.05) is 12.4 Å². The Morgan fingerprint density at radius 3 is 2.45 bits per heavy atom. The highest BCUT2D eigenvalue weighted by Gasteiger charge is 2.41. The lowest BCUT2D eigenvalue weighted by Crippen LogP contribution is -2.32. The van der Waals surface area contributed by atoms with E-state index in [4.69, 9.17) is 4.74 Å². The van der Waals surface area contributed by atoms with Crippen molar-refractivity contribution in [3.63, 3.8) is 0 Å². The maximum absolute atomic E-state index is 12.6. The number of carbonyl (C=O) groups is 1. The normalized spacial score (nSPS) is 16.9. The highest BCUT2D eigenvalue weighted by Crippen LogP contribution is 2.39. The quantitative estimate of drug-likeness (QED) is 0.917. The van der Waals surface area contributed by atoms with Crippen LogP contribution in [0.4, 0.5) is 5.69 Å². The monoisotopic (exact) mass is 300 g/mol. The molecule has 118 valence electrons. The molecule has 0 aromatic heterocycles. The van der Waals surface area contributed by atoms with Gasteiger partial charge in [-0.15, -0.1) is 0 Å². The van der Waals surface area contributed by atoms with Gasteiger partial charge in [0.15, 0.2) is 0 Å². The molecule has 1 aliphatic rings. The zero-order valence-electron chi connectivity index (χ0n) is 13.8. The molecule has 4 heteroatoms. The first kappa shape index (κ1) is 16.4. The van der Waals surface area contributed by atoms with Gasteiger partial charge in [0.25, 0.3) is 0 Å². The summed E-state index contributed by atoms with van der Waals surface area (Å²) >= 11 is 0. The molecule has 0 aliphatic heterocycles. The first-order chi connectivity index (χ1) is 10.3. The summed E-state index contributed by atoms with van der Waals surface area (Å²) in [5.41, 5.74) is 0.844. The number of amides is 1. The lowest BCUT2D eigenvalue weighted by molar-refractivity contribution is -0.122. The summed E-state index contributed by atoms with van der Waals surface area (Å²) in [6, 6.07) is 8.04. The number of rotatable bonds is 3. The number of nitrogens with zero attached hydrogens (tertiary/aromatic N) is 1. The van der Waals surface area contributed by atoms with Crippen LogP contribution >= 0.6 is 0 Å². The van der Waals surface area contributed by atoms with Gasteiger partial charge in [-0.05, 0) is 36.0 Å². The summed E-state index contributed by atoms with van der Waals surface area (Å²) < 4.78 is 5.35. The van der Waals surface area contributed by atoms with Crippen LogP contribution in [0.5, 0.6) is 5.75 Å². The summed E-state index contributed by atoms with van der Waals surface area (Å²) in [5.74, 6) is 0.407. The second kappa shape index (κ2) is 6.00. The summed E-state index contributed by atoms with van der Waals surface area (Å²) in [7, 11) is 1.58. The molecule has 0 atom stereocenters. The Bertz CT molecular complexity index is 602. The molecule has 1 aromatic rings. The number of methoxy groups -OCH3 is 1. The first-order valence-electron chi connectivity index (χ1n) is 7.74. The van der Waals surface area contributed by atoms with Gasteiger partial charge in [-0.1, -0.05) is 39.7 Å². The standard InChI is InChI=1S/C18H24N2O2/c1-17(2,3)13-7-8-15(22-4)14(11-13)20-16(21)18(12-19)9-5-6-10-18/h7-8,11H,5-6,9-10H2,1-4H3,(H,20,21). The molecule has 1 saturated carbocycles. The fraction of sp³-hybridized carbons (Fsp3) is 0.556. The van der Waals surface area contributed by atoms with Gasteiger partial charge in [-0.2, -0.15) is 5.26 Å². The molecule has 1 aromatic carbocycles. The summed E-state index contributed by atoms with van der Waals surface area (Å²) in [5, 5.41) is 12.4. The molecular formula is C18H24N2O2. The number of nitrogens with one attached hydrogen (secondary N) is 1. The number of carbonyl (C=O) groups excluding carboxylic acids is 1. The van der Waals surface area contributed by atoms with Gasteiger partial charge in [0.1, 0.15) is 11.2 Å². The third-order valence-corrected chi connectivity index (χ3v) is 4.42. The maximum Gasteiger partial charge on any atom is 0.244 e. The van der Waals surface area contributed by atoms with Crippen LogP contribution in [-0.2, 0) is 10.2 Å². The molecule has 0 bridgehead atoms. The molecule has 2 rings (SSSR count). The fourth-order valence-electron chi connectivity index (χ4n) is 2.88. The first-order valence-corrected chi connectivity index (χ1v) is 7.74. The Balaban J connectivity index is 2.32. The third kappa shape index (κ3) is 3.09. The van der Waals surface area contributed by atoms with Crippen molar-refractivity contribution in [1.82, 2.24) is 0 Å². The molecule has 1 fully saturated rings. The molecular weight excluding hydrogens is 276 g/mol. The number of hydrogen-bond acceptors (Lipinski definition) is 3. The zero-order chi connectivity index (χ0) is 16.4. The van der Waals surface area contributed by atoms with Crippen LogP contribution < -0.4 is 10.1 Å². The summed E-state index contributed by atoms with van der Waals surface area (Å²) in [6.07, 6.45) is 3.13. The van der Waals surface area contributed by atoms with E-state index >= 15 is 0 Å². The van der Waals surface area contributed by atoms with E-state index in [1.807, 2.05) is 18.2 Å². The fourth-order valence-corrected chi connectivity index (χ4v) is 2.88. The minimum atomic E-state index is -0.886. The van der Waals surface area contributed by atoms with Crippen LogP contribution in [0.25, 0.3) is 0 Å². The van der Waals surface area contributed by atoms with Crippen molar-refractivity contribution in [3.05, 3.63) is 23.8 Å². The van der Waals surface area contributed by atoms with Crippen molar-refractivity contribution in [1.29, 1.82) is 5.26 Å². The lowest BCUT2D eigenvalue weighted by atomic mass is 9.85. The summed E-state index contributed by atoms with van der Waals surface area (Å²) in [6.45, 7) is 6.36. The topological polar surface area (TPSA) is 62.1 Å². The second-order valence-corrected chi connectivity index (χ2v) is 7.02. The molecule has 1 aliphatic carbocycles. The Labute approximate surface area is 132 Å². The van der Waals surface area contributed by atoms with E-state index in [1.165, 1.54) is 0 Å². The smallest absolute Gasteiger partial charge is 0.244 e. The Kier molecular flexibility index (Phi) is 4.46. The van der Waals surface area contributed by atoms with Gasteiger partial charge in [0, 0.05) is 0 Å². The van der Waals surface area contributed by atoms with Crippen molar-refractivity contribution in [2.45, 2.75) is 51.9 Å². The van der Waals surface area contributed by atoms with Crippen molar-refractivity contribution in [3.8, 4) is 11.8 Å². The molecule has 0 unspecified atom stereocenters. The average Bonchev–Trinajstić information content (AvgIpc) is 2.96. The van der Waals surface area contributed by atoms with Crippen LogP contribution in [0.1, 0.15) is 52.0 Å². The Morgan fingerprint density at radius 2 is 1.95 bits per heavy atom. The molecule has 1 amide bonds. The van der Waals surface area contributed by atoms with E-state index in [0.29, 0.717) is 24.3 Å². The molecule has 1 N–H and O–H groups in total. The predicted octanol–water partition coefficient (Wildman–Crippen LogP) is 4.02. The van der Waals surface area contributed by atoms with E-state index in [-0.39, 0.29) is 11.3 Å². The highest BCUT2D eigenvalue weighted by atomic mass is 16.5. The van der Waals surface area contributed by atoms with Gasteiger partial charge in [-0.3, -0.25) is 4.79 Å². The largest absolute Gasteiger partial charge is 0.495 e. The van der Waals surface area contributed by atoms with E-state index in [2.05, 4.69) is 32.2 Å². The van der Waals surface area contributed by atoms with Gasteiger partial charge < -0.3 is 10.1 Å². The van der Waals surface area contributed by atoms with Gasteiger partial charge in [0.2, 0.25) is 5.91 Å². The van der Waals surface area contributed by atoms with Crippen LogP contribution in [0.2, 0.25) is 0 Å². The van der Waals surface area contributed by atoms with Gasteiger partial charge >= 0.3 is 0 Å². The number of nitriles is 1. The predicted molar refractivity (Wildman–Crippen MR) is 86.8 cm³/mol. The highest BCUT2D eigenvalue weighted by molar-refractivity contribution is 5.98. The lowest BCUT2D eigenvalue weighted by Gasteiger charge is -2.23. The molecule has 0 radical (unpaired) electrons. The minimum Gasteiger partial charge on any atom is -0.495 e. The summed E-state index contributed by atoms with van der Waals surface area (Å²) in [4.78, 5) is 12.6. The van der Waals surface area contributed by atoms with Crippen LogP contribution in [-0.4, -0.2) is 13.0 Å². The van der Waals surface area contributed by atoms with Crippen LogP contribution in [0, 0.1) is 16.7 Å². The van der Waals surface area contributed by atoms with E-state index in [9.17, 15) is 10.1 Å². The van der Waals surface area contributed by atoms with Crippen LogP contribution in [0.15, 0.2) is 18.2 Å². The van der Waals surface area contributed by atoms with Crippen molar-refractivity contribution >= 4 is 11.6 Å². The number of benzene rings is 1.